The number of fused-ring (bicyclic) bond motifs is 1. The number of rotatable bonds is 2. The molecule has 1 unspecified atom stereocenters. The van der Waals surface area contributed by atoms with E-state index >= 15 is 0 Å². The van der Waals surface area contributed by atoms with E-state index in [2.05, 4.69) is 22.4 Å². The molecule has 1 N–H and O–H groups in total. The van der Waals surface area contributed by atoms with Gasteiger partial charge in [0.15, 0.2) is 0 Å². The molecule has 2 aromatic rings. The summed E-state index contributed by atoms with van der Waals surface area (Å²) in [6, 6.07) is 10.2. The first-order valence-corrected chi connectivity index (χ1v) is 6.64. The number of aromatic nitrogens is 1. The van der Waals surface area contributed by atoms with Crippen molar-refractivity contribution in [1.82, 2.24) is 10.3 Å². The van der Waals surface area contributed by atoms with E-state index in [1.165, 1.54) is 6.42 Å². The van der Waals surface area contributed by atoms with Crippen molar-refractivity contribution in [1.29, 1.82) is 0 Å². The minimum atomic E-state index is 0.322. The van der Waals surface area contributed by atoms with Gasteiger partial charge in [0.05, 0.1) is 11.7 Å². The molecule has 0 radical (unpaired) electrons. The van der Waals surface area contributed by atoms with Crippen LogP contribution in [-0.4, -0.2) is 24.2 Å². The Labute approximate surface area is 107 Å². The molecular weight excluding hydrogens is 224 g/mol. The number of ether oxygens (including phenoxy) is 1. The molecule has 3 rings (SSSR count). The average Bonchev–Trinajstić information content (AvgIpc) is 2.67. The molecule has 3 heteroatoms. The van der Waals surface area contributed by atoms with Crippen molar-refractivity contribution in [2.24, 2.45) is 0 Å². The van der Waals surface area contributed by atoms with Gasteiger partial charge in [-0.25, -0.2) is 0 Å². The van der Waals surface area contributed by atoms with Crippen molar-refractivity contribution in [2.45, 2.75) is 25.4 Å². The molecule has 0 amide bonds. The van der Waals surface area contributed by atoms with E-state index in [-0.39, 0.29) is 0 Å². The van der Waals surface area contributed by atoms with Crippen LogP contribution < -0.4 is 10.1 Å². The summed E-state index contributed by atoms with van der Waals surface area (Å²) in [6.45, 7) is 2.15. The second-order valence-electron chi connectivity index (χ2n) is 4.78. The summed E-state index contributed by atoms with van der Waals surface area (Å²) in [5.74, 6) is 0.889. The molecule has 1 saturated heterocycles. The van der Waals surface area contributed by atoms with Crippen LogP contribution in [0.2, 0.25) is 0 Å². The quantitative estimate of drug-likeness (QED) is 0.879. The van der Waals surface area contributed by atoms with E-state index in [1.54, 1.807) is 0 Å². The third kappa shape index (κ3) is 2.62. The van der Waals surface area contributed by atoms with Gasteiger partial charge in [-0.15, -0.1) is 0 Å². The van der Waals surface area contributed by atoms with Crippen molar-refractivity contribution in [3.63, 3.8) is 0 Å². The summed E-state index contributed by atoms with van der Waals surface area (Å²) in [4.78, 5) is 4.43. The summed E-state index contributed by atoms with van der Waals surface area (Å²) in [6.07, 6.45) is 5.54. The number of pyridine rings is 1. The first-order valence-electron chi connectivity index (χ1n) is 6.64. The van der Waals surface area contributed by atoms with E-state index in [4.69, 9.17) is 4.74 Å². The minimum Gasteiger partial charge on any atom is -0.489 e. The van der Waals surface area contributed by atoms with Gasteiger partial charge in [0.25, 0.3) is 0 Å². The van der Waals surface area contributed by atoms with Gasteiger partial charge in [0.2, 0.25) is 0 Å². The molecule has 94 valence electrons. The van der Waals surface area contributed by atoms with Crippen LogP contribution in [0.25, 0.3) is 10.9 Å². The number of para-hydroxylation sites is 1. The lowest BCUT2D eigenvalue weighted by atomic mass is 10.1. The molecule has 1 aromatic heterocycles. The Morgan fingerprint density at radius 1 is 1.17 bits per heavy atom. The average molecular weight is 242 g/mol. The Morgan fingerprint density at radius 3 is 3.11 bits per heavy atom. The zero-order valence-corrected chi connectivity index (χ0v) is 10.4. The van der Waals surface area contributed by atoms with Crippen LogP contribution in [0.15, 0.2) is 36.5 Å². The van der Waals surface area contributed by atoms with Gasteiger partial charge in [-0.05, 0) is 44.5 Å². The zero-order chi connectivity index (χ0) is 12.2. The smallest absolute Gasteiger partial charge is 0.138 e. The number of nitrogens with zero attached hydrogens (tertiary/aromatic N) is 1. The van der Waals surface area contributed by atoms with E-state index in [0.717, 1.165) is 42.6 Å². The lowest BCUT2D eigenvalue weighted by Gasteiger charge is -2.16. The van der Waals surface area contributed by atoms with Crippen LogP contribution in [0.5, 0.6) is 5.75 Å². The Bertz CT molecular complexity index is 519. The molecule has 1 fully saturated rings. The van der Waals surface area contributed by atoms with Gasteiger partial charge < -0.3 is 10.1 Å². The highest BCUT2D eigenvalue weighted by molar-refractivity contribution is 5.79. The highest BCUT2D eigenvalue weighted by Crippen LogP contribution is 2.21. The fourth-order valence-corrected chi connectivity index (χ4v) is 2.41. The SMILES string of the molecule is c1ccc2ncc(OC3CCCNCC3)cc2c1. The highest BCUT2D eigenvalue weighted by atomic mass is 16.5. The van der Waals surface area contributed by atoms with Crippen molar-refractivity contribution >= 4 is 10.9 Å². The second kappa shape index (κ2) is 5.36. The van der Waals surface area contributed by atoms with E-state index in [0.29, 0.717) is 6.10 Å². The third-order valence-electron chi connectivity index (χ3n) is 3.39. The maximum Gasteiger partial charge on any atom is 0.138 e. The van der Waals surface area contributed by atoms with Gasteiger partial charge in [-0.3, -0.25) is 4.98 Å². The largest absolute Gasteiger partial charge is 0.489 e. The maximum atomic E-state index is 6.04. The fourth-order valence-electron chi connectivity index (χ4n) is 2.41. The molecule has 2 heterocycles. The predicted octanol–water partition coefficient (Wildman–Crippen LogP) is 2.76. The van der Waals surface area contributed by atoms with Gasteiger partial charge in [-0.1, -0.05) is 18.2 Å². The van der Waals surface area contributed by atoms with Crippen LogP contribution >= 0.6 is 0 Å². The van der Waals surface area contributed by atoms with Gasteiger partial charge in [0, 0.05) is 5.39 Å². The van der Waals surface area contributed by atoms with Crippen LogP contribution in [0.4, 0.5) is 0 Å². The van der Waals surface area contributed by atoms with E-state index in [1.807, 2.05) is 24.4 Å². The number of hydrogen-bond donors (Lipinski definition) is 1. The Hall–Kier alpha value is -1.61. The lowest BCUT2D eigenvalue weighted by molar-refractivity contribution is 0.187. The number of benzene rings is 1. The minimum absolute atomic E-state index is 0.322. The van der Waals surface area contributed by atoms with Gasteiger partial charge >= 0.3 is 0 Å². The first kappa shape index (κ1) is 11.5. The third-order valence-corrected chi connectivity index (χ3v) is 3.39. The fraction of sp³-hybridized carbons (Fsp3) is 0.400. The van der Waals surface area contributed by atoms with Crippen molar-refractivity contribution in [3.05, 3.63) is 36.5 Å². The van der Waals surface area contributed by atoms with E-state index < -0.39 is 0 Å². The van der Waals surface area contributed by atoms with Gasteiger partial charge in [0.1, 0.15) is 11.9 Å². The summed E-state index contributed by atoms with van der Waals surface area (Å²) in [5.41, 5.74) is 1.02. The predicted molar refractivity (Wildman–Crippen MR) is 72.9 cm³/mol. The highest BCUT2D eigenvalue weighted by Gasteiger charge is 2.13. The van der Waals surface area contributed by atoms with Crippen LogP contribution in [-0.2, 0) is 0 Å². The zero-order valence-electron chi connectivity index (χ0n) is 10.4. The Balaban J connectivity index is 1.77. The molecule has 1 aliphatic heterocycles. The monoisotopic (exact) mass is 242 g/mol. The summed E-state index contributed by atoms with van der Waals surface area (Å²) < 4.78 is 6.04. The Morgan fingerprint density at radius 2 is 2.11 bits per heavy atom. The molecule has 0 spiro atoms. The van der Waals surface area contributed by atoms with Crippen LogP contribution in [0, 0.1) is 0 Å². The number of hydrogen-bond acceptors (Lipinski definition) is 3. The molecular formula is C15H18N2O. The molecule has 1 aliphatic rings. The lowest BCUT2D eigenvalue weighted by Crippen LogP contribution is -2.19. The summed E-state index contributed by atoms with van der Waals surface area (Å²) >= 11 is 0. The van der Waals surface area contributed by atoms with Crippen LogP contribution in [0.3, 0.4) is 0 Å². The second-order valence-corrected chi connectivity index (χ2v) is 4.78. The molecule has 0 aliphatic carbocycles. The molecule has 1 atom stereocenters. The molecule has 0 bridgehead atoms. The van der Waals surface area contributed by atoms with Crippen molar-refractivity contribution in [2.75, 3.05) is 13.1 Å². The van der Waals surface area contributed by atoms with Gasteiger partial charge in [-0.2, -0.15) is 0 Å². The molecule has 0 saturated carbocycles. The van der Waals surface area contributed by atoms with E-state index in [9.17, 15) is 0 Å². The Kier molecular flexibility index (Phi) is 3.42. The van der Waals surface area contributed by atoms with Crippen molar-refractivity contribution in [3.8, 4) is 5.75 Å². The molecule has 1 aromatic carbocycles. The topological polar surface area (TPSA) is 34.1 Å². The van der Waals surface area contributed by atoms with Crippen LogP contribution in [0.1, 0.15) is 19.3 Å². The van der Waals surface area contributed by atoms with Crippen molar-refractivity contribution < 1.29 is 4.74 Å². The molecule has 3 nitrogen and oxygen atoms in total. The molecule has 18 heavy (non-hydrogen) atoms. The normalized spacial score (nSPS) is 20.6. The first-order chi connectivity index (χ1) is 8.92. The maximum absolute atomic E-state index is 6.04. The number of nitrogens with one attached hydrogen (secondary N) is 1. The summed E-state index contributed by atoms with van der Waals surface area (Å²) in [5, 5.41) is 4.54. The standard InChI is InChI=1S/C15H18N2O/c1-2-6-15-12(4-1)10-14(11-17-15)18-13-5-3-8-16-9-7-13/h1-2,4,6,10-11,13,16H,3,5,7-9H2. The summed E-state index contributed by atoms with van der Waals surface area (Å²) in [7, 11) is 0.